The second-order valence-corrected chi connectivity index (χ2v) is 6.78. The number of nitrogens with one attached hydrogen (secondary N) is 1. The van der Waals surface area contributed by atoms with Crippen LogP contribution in [-0.2, 0) is 6.54 Å². The Morgan fingerprint density at radius 2 is 1.90 bits per heavy atom. The summed E-state index contributed by atoms with van der Waals surface area (Å²) in [6.45, 7) is 0.516. The zero-order valence-electron chi connectivity index (χ0n) is 15.6. The number of benzene rings is 3. The molecule has 0 saturated carbocycles. The smallest absolute Gasteiger partial charge is 0.251 e. The maximum Gasteiger partial charge on any atom is 0.251 e. The summed E-state index contributed by atoms with van der Waals surface area (Å²) in [4.78, 5) is 16.8. The number of halogens is 2. The lowest BCUT2D eigenvalue weighted by Gasteiger charge is -2.08. The van der Waals surface area contributed by atoms with Gasteiger partial charge in [-0.25, -0.2) is 13.8 Å². The number of hydrogen-bond donors (Lipinski definition) is 1. The fourth-order valence-electron chi connectivity index (χ4n) is 3.36. The molecule has 6 nitrogen and oxygen atoms in total. The fraction of sp³-hybridized carbons (Fsp3) is 0.0909. The van der Waals surface area contributed by atoms with Crippen LogP contribution in [0, 0.1) is 11.6 Å². The summed E-state index contributed by atoms with van der Waals surface area (Å²) < 4.78 is 39.4. The first kappa shape index (κ1) is 18.1. The van der Waals surface area contributed by atoms with Gasteiger partial charge >= 0.3 is 0 Å². The molecule has 0 aliphatic carbocycles. The van der Waals surface area contributed by atoms with Crippen molar-refractivity contribution in [3.05, 3.63) is 83.7 Å². The molecule has 0 unspecified atom stereocenters. The summed E-state index contributed by atoms with van der Waals surface area (Å²) in [5.41, 5.74) is 2.61. The van der Waals surface area contributed by atoms with E-state index >= 15 is 0 Å². The van der Waals surface area contributed by atoms with E-state index in [4.69, 9.17) is 9.47 Å². The van der Waals surface area contributed by atoms with E-state index in [2.05, 4.69) is 10.3 Å². The van der Waals surface area contributed by atoms with Gasteiger partial charge in [-0.05, 0) is 48.0 Å². The van der Waals surface area contributed by atoms with Gasteiger partial charge in [0.25, 0.3) is 5.91 Å². The number of carbonyl (C=O) groups is 1. The molecule has 0 bridgehead atoms. The van der Waals surface area contributed by atoms with Crippen LogP contribution in [0.1, 0.15) is 15.9 Å². The lowest BCUT2D eigenvalue weighted by atomic mass is 10.1. The number of amides is 1. The highest BCUT2D eigenvalue weighted by atomic mass is 19.1. The van der Waals surface area contributed by atoms with E-state index in [1.807, 2.05) is 12.1 Å². The Kier molecular flexibility index (Phi) is 4.31. The molecule has 0 saturated heterocycles. The van der Waals surface area contributed by atoms with E-state index in [1.54, 1.807) is 24.3 Å². The van der Waals surface area contributed by atoms with Gasteiger partial charge in [0.15, 0.2) is 11.5 Å². The van der Waals surface area contributed by atoms with Crippen LogP contribution in [0.3, 0.4) is 0 Å². The molecule has 150 valence electrons. The minimum absolute atomic E-state index is 0.180. The van der Waals surface area contributed by atoms with E-state index in [0.29, 0.717) is 34.6 Å². The Bertz CT molecular complexity index is 1290. The van der Waals surface area contributed by atoms with Crippen molar-refractivity contribution >= 4 is 16.9 Å². The Hall–Kier alpha value is -3.94. The molecule has 1 N–H and O–H groups in total. The van der Waals surface area contributed by atoms with Gasteiger partial charge in [-0.1, -0.05) is 6.07 Å². The normalized spacial score (nSPS) is 12.3. The molecule has 1 amide bonds. The zero-order valence-corrected chi connectivity index (χ0v) is 15.6. The van der Waals surface area contributed by atoms with Crippen LogP contribution in [-0.4, -0.2) is 22.3 Å². The molecule has 1 aliphatic rings. The number of fused-ring (bicyclic) bond motifs is 2. The summed E-state index contributed by atoms with van der Waals surface area (Å²) >= 11 is 0. The Labute approximate surface area is 169 Å². The summed E-state index contributed by atoms with van der Waals surface area (Å²) in [5, 5.41) is 2.85. The van der Waals surface area contributed by atoms with Gasteiger partial charge in [0.2, 0.25) is 6.79 Å². The van der Waals surface area contributed by atoms with Crippen molar-refractivity contribution in [2.45, 2.75) is 6.54 Å². The molecular formula is C22H15F2N3O3. The molecule has 3 aromatic carbocycles. The van der Waals surface area contributed by atoms with Gasteiger partial charge in [-0.3, -0.25) is 9.36 Å². The molecule has 8 heteroatoms. The lowest BCUT2D eigenvalue weighted by Crippen LogP contribution is -2.22. The van der Waals surface area contributed by atoms with Crippen LogP contribution in [0.2, 0.25) is 0 Å². The van der Waals surface area contributed by atoms with Gasteiger partial charge in [-0.15, -0.1) is 0 Å². The first-order valence-corrected chi connectivity index (χ1v) is 9.18. The van der Waals surface area contributed by atoms with Gasteiger partial charge in [-0.2, -0.15) is 0 Å². The molecule has 1 aromatic heterocycles. The van der Waals surface area contributed by atoms with E-state index in [0.717, 1.165) is 11.6 Å². The summed E-state index contributed by atoms with van der Waals surface area (Å²) in [6, 6.07) is 13.8. The quantitative estimate of drug-likeness (QED) is 0.556. The number of imidazole rings is 1. The van der Waals surface area contributed by atoms with Crippen LogP contribution in [0.4, 0.5) is 8.78 Å². The lowest BCUT2D eigenvalue weighted by molar-refractivity contribution is 0.0951. The summed E-state index contributed by atoms with van der Waals surface area (Å²) in [5.74, 6) is -0.274. The van der Waals surface area contributed by atoms with E-state index in [9.17, 15) is 13.6 Å². The average molecular weight is 407 g/mol. The van der Waals surface area contributed by atoms with Crippen molar-refractivity contribution in [3.8, 4) is 17.2 Å². The molecule has 30 heavy (non-hydrogen) atoms. The van der Waals surface area contributed by atoms with Crippen molar-refractivity contribution in [1.82, 2.24) is 14.9 Å². The number of rotatable bonds is 4. The minimum atomic E-state index is -0.695. The van der Waals surface area contributed by atoms with Crippen LogP contribution in [0.25, 0.3) is 16.7 Å². The van der Waals surface area contributed by atoms with Crippen molar-refractivity contribution < 1.29 is 23.0 Å². The van der Waals surface area contributed by atoms with Crippen molar-refractivity contribution in [1.29, 1.82) is 0 Å². The van der Waals surface area contributed by atoms with Crippen LogP contribution < -0.4 is 14.8 Å². The highest BCUT2D eigenvalue weighted by Crippen LogP contribution is 2.32. The van der Waals surface area contributed by atoms with Gasteiger partial charge in [0, 0.05) is 18.2 Å². The predicted octanol–water partition coefficient (Wildman–Crippen LogP) is 3.96. The topological polar surface area (TPSA) is 65.4 Å². The molecule has 2 heterocycles. The zero-order chi connectivity index (χ0) is 20.7. The van der Waals surface area contributed by atoms with E-state index in [1.165, 1.54) is 23.0 Å². The maximum atomic E-state index is 14.1. The molecular weight excluding hydrogens is 392 g/mol. The minimum Gasteiger partial charge on any atom is -0.454 e. The largest absolute Gasteiger partial charge is 0.454 e. The molecule has 4 aromatic rings. The van der Waals surface area contributed by atoms with Crippen molar-refractivity contribution in [2.75, 3.05) is 6.79 Å². The summed E-state index contributed by atoms with van der Waals surface area (Å²) in [7, 11) is 0. The van der Waals surface area contributed by atoms with Crippen LogP contribution >= 0.6 is 0 Å². The Morgan fingerprint density at radius 1 is 1.03 bits per heavy atom. The monoisotopic (exact) mass is 407 g/mol. The second kappa shape index (κ2) is 7.14. The highest BCUT2D eigenvalue weighted by Gasteiger charge is 2.15. The molecule has 1 aliphatic heterocycles. The summed E-state index contributed by atoms with van der Waals surface area (Å²) in [6.07, 6.45) is 1.44. The second-order valence-electron chi connectivity index (χ2n) is 6.78. The highest BCUT2D eigenvalue weighted by molar-refractivity contribution is 5.97. The first-order chi connectivity index (χ1) is 14.6. The third kappa shape index (κ3) is 3.22. The number of hydrogen-bond acceptors (Lipinski definition) is 4. The molecule has 5 rings (SSSR count). The first-order valence-electron chi connectivity index (χ1n) is 9.18. The standard InChI is InChI=1S/C22H15F2N3O3/c23-15-3-5-18(16(24)9-15)27-11-26-17-8-14(2-4-19(17)27)22(28)25-10-13-1-6-20-21(7-13)30-12-29-20/h1-9,11H,10,12H2,(H,25,28). The van der Waals surface area contributed by atoms with Crippen LogP contribution in [0.5, 0.6) is 11.5 Å². The fourth-order valence-corrected chi connectivity index (χ4v) is 3.36. The Morgan fingerprint density at radius 3 is 2.77 bits per heavy atom. The van der Waals surface area contributed by atoms with Gasteiger partial charge in [0.05, 0.1) is 16.7 Å². The van der Waals surface area contributed by atoms with E-state index < -0.39 is 11.6 Å². The molecule has 0 spiro atoms. The van der Waals surface area contributed by atoms with Crippen LogP contribution in [0.15, 0.2) is 60.9 Å². The van der Waals surface area contributed by atoms with Crippen molar-refractivity contribution in [3.63, 3.8) is 0 Å². The molecule has 0 radical (unpaired) electrons. The van der Waals surface area contributed by atoms with E-state index in [-0.39, 0.29) is 18.4 Å². The SMILES string of the molecule is O=C(NCc1ccc2c(c1)OCO2)c1ccc2c(c1)ncn2-c1ccc(F)cc1F. The molecule has 0 fully saturated rings. The number of ether oxygens (including phenoxy) is 2. The van der Waals surface area contributed by atoms with Gasteiger partial charge in [0.1, 0.15) is 18.0 Å². The third-order valence-electron chi connectivity index (χ3n) is 4.87. The number of nitrogens with zero attached hydrogens (tertiary/aromatic N) is 2. The predicted molar refractivity (Wildman–Crippen MR) is 105 cm³/mol. The third-order valence-corrected chi connectivity index (χ3v) is 4.87. The average Bonchev–Trinajstić information content (AvgIpc) is 3.38. The van der Waals surface area contributed by atoms with Crippen molar-refractivity contribution in [2.24, 2.45) is 0 Å². The maximum absolute atomic E-state index is 14.1. The number of carbonyl (C=O) groups excluding carboxylic acids is 1. The number of aromatic nitrogens is 2. The Balaban J connectivity index is 1.35. The molecule has 0 atom stereocenters. The van der Waals surface area contributed by atoms with Gasteiger partial charge < -0.3 is 14.8 Å².